The lowest BCUT2D eigenvalue weighted by atomic mass is 9.96. The van der Waals surface area contributed by atoms with Gasteiger partial charge in [0.25, 0.3) is 0 Å². The van der Waals surface area contributed by atoms with Gasteiger partial charge >= 0.3 is 0 Å². The Balaban J connectivity index is 1.09. The number of fused-ring (bicyclic) bond motifs is 1. The van der Waals surface area contributed by atoms with Gasteiger partial charge in [0.15, 0.2) is 11.6 Å². The number of likely N-dealkylation sites (N-methyl/N-ethyl adjacent to an activating group) is 2. The van der Waals surface area contributed by atoms with Gasteiger partial charge in [0, 0.05) is 64.5 Å². The van der Waals surface area contributed by atoms with Crippen molar-refractivity contribution in [3.05, 3.63) is 71.8 Å². The molecule has 1 saturated carbocycles. The second-order valence-corrected chi connectivity index (χ2v) is 14.1. The van der Waals surface area contributed by atoms with Gasteiger partial charge in [0.1, 0.15) is 11.5 Å². The Morgan fingerprint density at radius 1 is 1.00 bits per heavy atom. The summed E-state index contributed by atoms with van der Waals surface area (Å²) in [5.74, 6) is 1.09. The number of nitrogens with zero attached hydrogens (tertiary/aromatic N) is 5. The smallest absolute Gasteiger partial charge is 0.226 e. The molecule has 0 N–H and O–H groups in total. The molecule has 1 amide bonds. The Morgan fingerprint density at radius 2 is 1.83 bits per heavy atom. The molecule has 4 heterocycles. The van der Waals surface area contributed by atoms with Crippen LogP contribution in [0.4, 0.5) is 4.39 Å². The highest BCUT2D eigenvalue weighted by molar-refractivity contribution is 7.22. The number of hydrogen-bond donors (Lipinski definition) is 0. The summed E-state index contributed by atoms with van der Waals surface area (Å²) in [6.07, 6.45) is 8.59. The van der Waals surface area contributed by atoms with Crippen LogP contribution in [0, 0.1) is 17.7 Å². The van der Waals surface area contributed by atoms with Gasteiger partial charge in [-0.15, -0.1) is 11.3 Å². The summed E-state index contributed by atoms with van der Waals surface area (Å²) in [6.45, 7) is 4.09. The molecule has 1 unspecified atom stereocenters. The molecule has 0 spiro atoms. The van der Waals surface area contributed by atoms with Crippen LogP contribution in [0.1, 0.15) is 43.2 Å². The summed E-state index contributed by atoms with van der Waals surface area (Å²) in [5.41, 5.74) is 3.36. The summed E-state index contributed by atoms with van der Waals surface area (Å²) in [5, 5.41) is 0. The third-order valence-corrected chi connectivity index (χ3v) is 9.96. The number of benzene rings is 1. The van der Waals surface area contributed by atoms with Crippen LogP contribution in [-0.4, -0.2) is 83.7 Å². The molecule has 2 fully saturated rings. The topological polar surface area (TPSA) is 78.9 Å². The Kier molecular flexibility index (Phi) is 10.1. The fourth-order valence-corrected chi connectivity index (χ4v) is 7.06. The number of carbonyl (C=O) groups excluding carboxylic acids is 2. The number of thiophene rings is 1. The van der Waals surface area contributed by atoms with E-state index < -0.39 is 5.82 Å². The molecule has 0 radical (unpaired) electrons. The summed E-state index contributed by atoms with van der Waals surface area (Å²) < 4.78 is 21.8. The molecule has 1 atom stereocenters. The van der Waals surface area contributed by atoms with Crippen molar-refractivity contribution in [3.63, 3.8) is 0 Å². The molecule has 1 saturated heterocycles. The number of ketones is 1. The molecule has 1 aliphatic heterocycles. The highest BCUT2D eigenvalue weighted by Gasteiger charge is 2.28. The van der Waals surface area contributed by atoms with Gasteiger partial charge < -0.3 is 14.5 Å². The summed E-state index contributed by atoms with van der Waals surface area (Å²) >= 11 is 1.51. The maximum atomic E-state index is 15.0. The van der Waals surface area contributed by atoms with Crippen LogP contribution in [0.3, 0.4) is 0 Å². The highest BCUT2D eigenvalue weighted by atomic mass is 32.1. The number of aromatic nitrogens is 2. The minimum Gasteiger partial charge on any atom is -0.453 e. The quantitative estimate of drug-likeness (QED) is 0.166. The minimum atomic E-state index is -0.489. The Morgan fingerprint density at radius 3 is 2.57 bits per heavy atom. The number of piperidine rings is 1. The van der Waals surface area contributed by atoms with Crippen molar-refractivity contribution in [1.82, 2.24) is 24.7 Å². The molecule has 46 heavy (non-hydrogen) atoms. The number of pyridine rings is 2. The van der Waals surface area contributed by atoms with E-state index >= 15 is 4.39 Å². The molecule has 0 bridgehead atoms. The van der Waals surface area contributed by atoms with Crippen molar-refractivity contribution in [2.75, 3.05) is 47.3 Å². The molecule has 1 aliphatic carbocycles. The van der Waals surface area contributed by atoms with Crippen molar-refractivity contribution < 1.29 is 18.7 Å². The second kappa shape index (κ2) is 14.4. The predicted octanol–water partition coefficient (Wildman–Crippen LogP) is 6.43. The molecule has 4 aromatic rings. The lowest BCUT2D eigenvalue weighted by Gasteiger charge is -2.34. The summed E-state index contributed by atoms with van der Waals surface area (Å²) in [6, 6.07) is 12.6. The van der Waals surface area contributed by atoms with Crippen LogP contribution in [0.5, 0.6) is 11.5 Å². The number of hydrogen-bond acceptors (Lipinski definition) is 8. The molecular formula is C36H42FN5O3S. The first-order valence-corrected chi connectivity index (χ1v) is 17.0. The van der Waals surface area contributed by atoms with E-state index in [1.165, 1.54) is 17.4 Å². The van der Waals surface area contributed by atoms with Crippen LogP contribution >= 0.6 is 11.3 Å². The lowest BCUT2D eigenvalue weighted by molar-refractivity contribution is -0.136. The molecule has 2 aliphatic rings. The summed E-state index contributed by atoms with van der Waals surface area (Å²) in [4.78, 5) is 41.8. The van der Waals surface area contributed by atoms with Crippen molar-refractivity contribution in [3.8, 4) is 22.1 Å². The van der Waals surface area contributed by atoms with Crippen LogP contribution in [-0.2, 0) is 22.6 Å². The first kappa shape index (κ1) is 32.2. The maximum Gasteiger partial charge on any atom is 0.226 e. The molecule has 6 rings (SSSR count). The van der Waals surface area contributed by atoms with Crippen molar-refractivity contribution in [2.24, 2.45) is 11.8 Å². The average Bonchev–Trinajstić information content (AvgIpc) is 3.74. The van der Waals surface area contributed by atoms with Gasteiger partial charge in [-0.1, -0.05) is 12.1 Å². The maximum absolute atomic E-state index is 15.0. The Hall–Kier alpha value is -3.73. The van der Waals surface area contributed by atoms with Crippen molar-refractivity contribution in [1.29, 1.82) is 0 Å². The molecular weight excluding hydrogens is 601 g/mol. The first-order chi connectivity index (χ1) is 22.2. The third kappa shape index (κ3) is 8.15. The SMILES string of the molecule is CN(C)CCN(C)C(=O)C1CCCN(Cc2ccc(-c3cc4nccc(Oc5ccc(CC(=O)CC6CC6)cc5F)c4s3)nc2)C1. The Labute approximate surface area is 274 Å². The molecule has 242 valence electrons. The lowest BCUT2D eigenvalue weighted by Crippen LogP contribution is -2.44. The third-order valence-electron chi connectivity index (χ3n) is 8.80. The van der Waals surface area contributed by atoms with Gasteiger partial charge in [-0.05, 0) is 87.6 Å². The number of amides is 1. The molecule has 1 aromatic carbocycles. The molecule has 3 aromatic heterocycles. The van der Waals surface area contributed by atoms with Crippen LogP contribution in [0.25, 0.3) is 20.8 Å². The van der Waals surface area contributed by atoms with E-state index in [1.807, 2.05) is 44.4 Å². The van der Waals surface area contributed by atoms with Gasteiger partial charge in [-0.2, -0.15) is 0 Å². The van der Waals surface area contributed by atoms with Gasteiger partial charge in [0.2, 0.25) is 5.91 Å². The van der Waals surface area contributed by atoms with E-state index in [-0.39, 0.29) is 29.8 Å². The molecule has 10 heteroatoms. The van der Waals surface area contributed by atoms with E-state index in [0.29, 0.717) is 23.7 Å². The molecule has 8 nitrogen and oxygen atoms in total. The second-order valence-electron chi connectivity index (χ2n) is 13.1. The number of ether oxygens (including phenoxy) is 1. The standard InChI is InChI=1S/C36H42FN5O3S/c1-40(2)15-16-41(3)36(44)27-5-4-14-42(23-27)22-26-8-10-30(39-21-26)34-20-31-35(46-34)33(12-13-38-31)45-32-11-9-25(19-29(32)37)18-28(43)17-24-6-7-24/h8-13,19-21,24,27H,4-7,14-18,22-23H2,1-3H3. The fourth-order valence-electron chi connectivity index (χ4n) is 6.02. The monoisotopic (exact) mass is 643 g/mol. The highest BCUT2D eigenvalue weighted by Crippen LogP contribution is 2.39. The minimum absolute atomic E-state index is 0.0307. The van der Waals surface area contributed by atoms with Crippen LogP contribution in [0.2, 0.25) is 0 Å². The number of likely N-dealkylation sites (tertiary alicyclic amines) is 1. The van der Waals surface area contributed by atoms with E-state index in [9.17, 15) is 9.59 Å². The zero-order valence-corrected chi connectivity index (χ0v) is 27.7. The van der Waals surface area contributed by atoms with Gasteiger partial charge in [-0.25, -0.2) is 4.39 Å². The van der Waals surface area contributed by atoms with Crippen molar-refractivity contribution in [2.45, 2.75) is 45.1 Å². The summed E-state index contributed by atoms with van der Waals surface area (Å²) in [7, 11) is 5.95. The predicted molar refractivity (Wildman–Crippen MR) is 180 cm³/mol. The van der Waals surface area contributed by atoms with E-state index in [2.05, 4.69) is 20.9 Å². The largest absolute Gasteiger partial charge is 0.453 e. The normalized spacial score (nSPS) is 17.0. The van der Waals surface area contributed by atoms with E-state index in [0.717, 1.165) is 84.8 Å². The number of rotatable bonds is 13. The van der Waals surface area contributed by atoms with Crippen molar-refractivity contribution >= 4 is 33.2 Å². The zero-order valence-electron chi connectivity index (χ0n) is 26.9. The van der Waals surface area contributed by atoms with Gasteiger partial charge in [-0.3, -0.25) is 24.5 Å². The van der Waals surface area contributed by atoms with Crippen LogP contribution < -0.4 is 4.74 Å². The number of halogens is 1. The average molecular weight is 644 g/mol. The fraction of sp³-hybridized carbons (Fsp3) is 0.444. The Bertz CT molecular complexity index is 1690. The van der Waals surface area contributed by atoms with Crippen LogP contribution in [0.15, 0.2) is 54.9 Å². The van der Waals surface area contributed by atoms with E-state index in [4.69, 9.17) is 9.72 Å². The number of carbonyl (C=O) groups is 2. The van der Waals surface area contributed by atoms with E-state index in [1.54, 1.807) is 24.4 Å². The first-order valence-electron chi connectivity index (χ1n) is 16.2. The number of Topliss-reactive ketones (excluding diaryl/α,β-unsaturated/α-hetero) is 1. The zero-order chi connectivity index (χ0) is 32.2. The van der Waals surface area contributed by atoms with Gasteiger partial charge in [0.05, 0.1) is 26.7 Å².